The van der Waals surface area contributed by atoms with Gasteiger partial charge in [-0.15, -0.1) is 0 Å². The summed E-state index contributed by atoms with van der Waals surface area (Å²) in [6.45, 7) is 1.20. The number of nitrogens with zero attached hydrogens (tertiary/aromatic N) is 3. The second kappa shape index (κ2) is 10.1. The van der Waals surface area contributed by atoms with Crippen LogP contribution in [0.1, 0.15) is 36.3 Å². The number of rotatable bonds is 6. The van der Waals surface area contributed by atoms with Crippen LogP contribution in [0.25, 0.3) is 11.0 Å². The SMILES string of the molecule is C[C@@]1(O)[C@H](O)[C@@H](CO[P@@]2(=O)OC[C@H](c3ccccc3)[C@@H](c3ccccc3)O2)O[C@H]1n1ccc2c(N)ncnc21. The first-order chi connectivity index (χ1) is 18.8. The molecular weight excluding hydrogens is 523 g/mol. The number of nitrogen functional groups attached to an aromatic ring is 1. The number of nitrogens with two attached hydrogens (primary N) is 1. The van der Waals surface area contributed by atoms with E-state index < -0.39 is 38.0 Å². The number of aliphatic hydroxyl groups is 2. The van der Waals surface area contributed by atoms with Crippen molar-refractivity contribution in [2.24, 2.45) is 0 Å². The van der Waals surface area contributed by atoms with Crippen LogP contribution < -0.4 is 5.73 Å². The minimum absolute atomic E-state index is 0.103. The maximum absolute atomic E-state index is 13.6. The fourth-order valence-corrected chi connectivity index (χ4v) is 6.61. The van der Waals surface area contributed by atoms with Gasteiger partial charge in [0.15, 0.2) is 6.23 Å². The van der Waals surface area contributed by atoms with Crippen molar-refractivity contribution in [3.8, 4) is 0 Å². The maximum Gasteiger partial charge on any atom is 0.475 e. The van der Waals surface area contributed by atoms with E-state index in [1.807, 2.05) is 60.7 Å². The predicted molar refractivity (Wildman–Crippen MR) is 141 cm³/mol. The van der Waals surface area contributed by atoms with Crippen LogP contribution in [-0.2, 0) is 22.9 Å². The molecule has 2 fully saturated rings. The molecule has 11 nitrogen and oxygen atoms in total. The third-order valence-electron chi connectivity index (χ3n) is 7.32. The second-order valence-electron chi connectivity index (χ2n) is 9.91. The number of aliphatic hydroxyl groups excluding tert-OH is 1. The van der Waals surface area contributed by atoms with Gasteiger partial charge in [0, 0.05) is 12.1 Å². The minimum atomic E-state index is -4.06. The molecule has 2 aliphatic heterocycles. The van der Waals surface area contributed by atoms with Gasteiger partial charge >= 0.3 is 7.82 Å². The predicted octanol–water partition coefficient (Wildman–Crippen LogP) is 3.72. The van der Waals surface area contributed by atoms with E-state index in [0.717, 1.165) is 11.1 Å². The molecule has 7 atom stereocenters. The van der Waals surface area contributed by atoms with Crippen LogP contribution in [0.3, 0.4) is 0 Å². The quantitative estimate of drug-likeness (QED) is 0.302. The minimum Gasteiger partial charge on any atom is -0.387 e. The highest BCUT2D eigenvalue weighted by atomic mass is 31.2. The standard InChI is InChI=1S/C27H29N4O7P/c1-27(33)23(32)21(37-26(27)31-13-12-19-24(28)29-16-30-25(19)31)15-36-39(34)35-14-20(17-8-4-2-5-9-17)22(38-39)18-10-6-3-7-11-18/h2-13,16,20-23,26,32-33H,14-15H2,1H3,(H2,28,29,30)/t20-,21-,22-,23-,26-,27-,39-/m1/s1. The fraction of sp³-hybridized carbons (Fsp3) is 0.333. The van der Waals surface area contributed by atoms with E-state index in [1.54, 1.807) is 16.8 Å². The number of anilines is 1. The van der Waals surface area contributed by atoms with E-state index in [4.69, 9.17) is 24.0 Å². The summed E-state index contributed by atoms with van der Waals surface area (Å²) in [5.74, 6) is 0.0671. The van der Waals surface area contributed by atoms with Crippen molar-refractivity contribution in [3.63, 3.8) is 0 Å². The molecule has 0 spiro atoms. The Kier molecular flexibility index (Phi) is 6.76. The second-order valence-corrected chi connectivity index (χ2v) is 11.5. The van der Waals surface area contributed by atoms with Crippen molar-refractivity contribution >= 4 is 24.7 Å². The van der Waals surface area contributed by atoms with Crippen molar-refractivity contribution in [2.75, 3.05) is 18.9 Å². The van der Waals surface area contributed by atoms with Gasteiger partial charge in [-0.05, 0) is 24.1 Å². The summed E-state index contributed by atoms with van der Waals surface area (Å²) in [5, 5.41) is 22.7. The van der Waals surface area contributed by atoms with Crippen LogP contribution in [-0.4, -0.2) is 55.8 Å². The first-order valence-corrected chi connectivity index (χ1v) is 14.0. The van der Waals surface area contributed by atoms with Gasteiger partial charge in [-0.25, -0.2) is 14.5 Å². The zero-order valence-electron chi connectivity index (χ0n) is 21.1. The van der Waals surface area contributed by atoms with Crippen molar-refractivity contribution < 1.29 is 33.1 Å². The monoisotopic (exact) mass is 552 g/mol. The van der Waals surface area contributed by atoms with E-state index in [0.29, 0.717) is 11.0 Å². The molecular formula is C27H29N4O7P. The summed E-state index contributed by atoms with van der Waals surface area (Å²) < 4.78 is 38.6. The molecule has 6 rings (SSSR count). The fourth-order valence-electron chi connectivity index (χ4n) is 5.20. The van der Waals surface area contributed by atoms with Crippen molar-refractivity contribution in [3.05, 3.63) is 90.4 Å². The van der Waals surface area contributed by atoms with Gasteiger partial charge in [0.1, 0.15) is 41.7 Å². The smallest absolute Gasteiger partial charge is 0.387 e. The third-order valence-corrected chi connectivity index (χ3v) is 8.74. The lowest BCUT2D eigenvalue weighted by atomic mass is 9.90. The molecule has 2 aromatic carbocycles. The normalized spacial score (nSPS) is 32.9. The Balaban J connectivity index is 1.21. The van der Waals surface area contributed by atoms with Gasteiger partial charge in [-0.2, -0.15) is 0 Å². The van der Waals surface area contributed by atoms with Crippen LogP contribution in [0.4, 0.5) is 5.82 Å². The van der Waals surface area contributed by atoms with Crippen molar-refractivity contribution in [1.82, 2.24) is 14.5 Å². The van der Waals surface area contributed by atoms with E-state index in [2.05, 4.69) is 9.97 Å². The molecule has 4 N–H and O–H groups in total. The van der Waals surface area contributed by atoms with Gasteiger partial charge in [-0.3, -0.25) is 13.6 Å². The number of phosphoric ester groups is 1. The molecule has 0 unspecified atom stereocenters. The Morgan fingerprint density at radius 2 is 1.79 bits per heavy atom. The van der Waals surface area contributed by atoms with Crippen LogP contribution in [0.5, 0.6) is 0 Å². The number of hydrogen-bond donors (Lipinski definition) is 3. The van der Waals surface area contributed by atoms with Gasteiger partial charge < -0.3 is 25.3 Å². The number of aromatic nitrogens is 3. The van der Waals surface area contributed by atoms with Gasteiger partial charge in [0.25, 0.3) is 0 Å². The molecule has 0 amide bonds. The van der Waals surface area contributed by atoms with Crippen LogP contribution in [0.2, 0.25) is 0 Å². The molecule has 0 saturated carbocycles. The lowest BCUT2D eigenvalue weighted by molar-refractivity contribution is -0.0951. The number of hydrogen-bond acceptors (Lipinski definition) is 10. The largest absolute Gasteiger partial charge is 0.475 e. The van der Waals surface area contributed by atoms with Crippen LogP contribution in [0.15, 0.2) is 79.3 Å². The maximum atomic E-state index is 13.6. The highest BCUT2D eigenvalue weighted by molar-refractivity contribution is 7.48. The summed E-state index contributed by atoms with van der Waals surface area (Å²) >= 11 is 0. The average Bonchev–Trinajstić information content (AvgIpc) is 3.47. The average molecular weight is 553 g/mol. The third kappa shape index (κ3) is 4.76. The zero-order valence-corrected chi connectivity index (χ0v) is 22.0. The zero-order chi connectivity index (χ0) is 27.2. The summed E-state index contributed by atoms with van der Waals surface area (Å²) in [7, 11) is -4.06. The Hall–Kier alpha value is -3.15. The number of fused-ring (bicyclic) bond motifs is 1. The molecule has 2 aromatic heterocycles. The molecule has 4 aromatic rings. The van der Waals surface area contributed by atoms with E-state index in [9.17, 15) is 14.8 Å². The highest BCUT2D eigenvalue weighted by Crippen LogP contribution is 2.60. The highest BCUT2D eigenvalue weighted by Gasteiger charge is 2.54. The first-order valence-electron chi connectivity index (χ1n) is 12.6. The molecule has 204 valence electrons. The van der Waals surface area contributed by atoms with E-state index in [-0.39, 0.29) is 24.9 Å². The summed E-state index contributed by atoms with van der Waals surface area (Å²) in [6, 6.07) is 20.9. The molecule has 0 aliphatic carbocycles. The molecule has 4 heterocycles. The van der Waals surface area contributed by atoms with Crippen LogP contribution >= 0.6 is 7.82 Å². The Bertz CT molecular complexity index is 1500. The van der Waals surface area contributed by atoms with E-state index >= 15 is 0 Å². The lowest BCUT2D eigenvalue weighted by Gasteiger charge is -2.36. The Labute approximate surface area is 224 Å². The van der Waals surface area contributed by atoms with Crippen LogP contribution in [0, 0.1) is 0 Å². The Morgan fingerprint density at radius 1 is 1.10 bits per heavy atom. The summed E-state index contributed by atoms with van der Waals surface area (Å²) in [5.41, 5.74) is 6.46. The Morgan fingerprint density at radius 3 is 2.51 bits per heavy atom. The summed E-state index contributed by atoms with van der Waals surface area (Å²) in [6.07, 6.45) is -1.07. The first kappa shape index (κ1) is 26.1. The summed E-state index contributed by atoms with van der Waals surface area (Å²) in [4.78, 5) is 8.22. The van der Waals surface area contributed by atoms with E-state index in [1.165, 1.54) is 13.3 Å². The lowest BCUT2D eigenvalue weighted by Crippen LogP contribution is -2.44. The number of phosphoric acid groups is 1. The molecule has 0 radical (unpaired) electrons. The van der Waals surface area contributed by atoms with Gasteiger partial charge in [0.05, 0.1) is 18.6 Å². The van der Waals surface area contributed by atoms with Gasteiger partial charge in [0.2, 0.25) is 0 Å². The molecule has 12 heteroatoms. The number of benzene rings is 2. The molecule has 39 heavy (non-hydrogen) atoms. The topological polar surface area (TPSA) is 151 Å². The molecule has 2 aliphatic rings. The van der Waals surface area contributed by atoms with Crippen molar-refractivity contribution in [1.29, 1.82) is 0 Å². The van der Waals surface area contributed by atoms with Gasteiger partial charge in [-0.1, -0.05) is 60.7 Å². The molecule has 2 saturated heterocycles. The molecule has 0 bridgehead atoms. The van der Waals surface area contributed by atoms with Crippen molar-refractivity contribution in [2.45, 2.75) is 43.0 Å². The number of ether oxygens (including phenoxy) is 1.